The first-order valence-electron chi connectivity index (χ1n) is 11.3. The molecule has 2 aromatic carbocycles. The summed E-state index contributed by atoms with van der Waals surface area (Å²) < 4.78 is 5.71. The molecular formula is C26H33N3O4. The van der Waals surface area contributed by atoms with Gasteiger partial charge in [0.15, 0.2) is 0 Å². The fourth-order valence-corrected chi connectivity index (χ4v) is 4.20. The van der Waals surface area contributed by atoms with Gasteiger partial charge < -0.3 is 25.8 Å². The van der Waals surface area contributed by atoms with Crippen LogP contribution in [0.5, 0.6) is 0 Å². The maximum Gasteiger partial charge on any atom is 0.255 e. The standard InChI is InChI=1S/C26H33N3O4/c1-18(5-3-7-24(31)29-16-4-6-23(29)17-30)25(33-2)19-10-14-22(15-11-19)28-26(32)20-8-12-21(27)13-9-20/h3,5,8-15,18,23,25,30H,4,6-7,16-17,27H2,1-2H3,(H,28,32)/b5-3+/t18-,23+,25+/m1/s1. The third-order valence-corrected chi connectivity index (χ3v) is 6.04. The van der Waals surface area contributed by atoms with Crippen LogP contribution in [0.15, 0.2) is 60.7 Å². The third-order valence-electron chi connectivity index (χ3n) is 6.04. The van der Waals surface area contributed by atoms with Gasteiger partial charge in [-0.3, -0.25) is 9.59 Å². The first-order valence-corrected chi connectivity index (χ1v) is 11.3. The number of amides is 2. The Morgan fingerprint density at radius 3 is 2.55 bits per heavy atom. The predicted molar refractivity (Wildman–Crippen MR) is 130 cm³/mol. The van der Waals surface area contributed by atoms with E-state index in [4.69, 9.17) is 10.5 Å². The molecule has 2 amide bonds. The van der Waals surface area contributed by atoms with Crippen LogP contribution in [0.4, 0.5) is 11.4 Å². The lowest BCUT2D eigenvalue weighted by atomic mass is 9.96. The fraction of sp³-hybridized carbons (Fsp3) is 0.385. The second-order valence-electron chi connectivity index (χ2n) is 8.41. The Bertz CT molecular complexity index is 957. The maximum atomic E-state index is 12.4. The smallest absolute Gasteiger partial charge is 0.255 e. The zero-order chi connectivity index (χ0) is 23.8. The number of carbonyl (C=O) groups excluding carboxylic acids is 2. The predicted octanol–water partition coefficient (Wildman–Crippen LogP) is 3.77. The molecule has 7 heteroatoms. The Kier molecular flexibility index (Phi) is 8.63. The van der Waals surface area contributed by atoms with E-state index in [1.165, 1.54) is 0 Å². The van der Waals surface area contributed by atoms with Gasteiger partial charge in [0, 0.05) is 42.9 Å². The van der Waals surface area contributed by atoms with E-state index in [1.807, 2.05) is 43.3 Å². The molecule has 176 valence electrons. The van der Waals surface area contributed by atoms with Gasteiger partial charge in [-0.2, -0.15) is 0 Å². The number of methoxy groups -OCH3 is 1. The zero-order valence-electron chi connectivity index (χ0n) is 19.2. The van der Waals surface area contributed by atoms with Gasteiger partial charge in [-0.05, 0) is 54.8 Å². The molecule has 7 nitrogen and oxygen atoms in total. The van der Waals surface area contributed by atoms with Gasteiger partial charge in [0.05, 0.1) is 18.8 Å². The number of ether oxygens (including phenoxy) is 1. The van der Waals surface area contributed by atoms with E-state index >= 15 is 0 Å². The molecular weight excluding hydrogens is 418 g/mol. The SMILES string of the molecule is CO[C@H](c1ccc(NC(=O)c2ccc(N)cc2)cc1)[C@H](C)/C=C/CC(=O)N1CCC[C@H]1CO. The Morgan fingerprint density at radius 2 is 1.91 bits per heavy atom. The van der Waals surface area contributed by atoms with E-state index in [0.29, 0.717) is 23.4 Å². The molecule has 0 aliphatic carbocycles. The van der Waals surface area contributed by atoms with Gasteiger partial charge in [0.25, 0.3) is 5.91 Å². The summed E-state index contributed by atoms with van der Waals surface area (Å²) in [5.74, 6) is -0.108. The van der Waals surface area contributed by atoms with E-state index in [1.54, 1.807) is 36.3 Å². The third kappa shape index (κ3) is 6.43. The second kappa shape index (κ2) is 11.6. The van der Waals surface area contributed by atoms with Gasteiger partial charge in [0.2, 0.25) is 5.91 Å². The number of hydrogen-bond acceptors (Lipinski definition) is 5. The molecule has 4 N–H and O–H groups in total. The molecule has 3 rings (SSSR count). The summed E-state index contributed by atoms with van der Waals surface area (Å²) in [7, 11) is 1.66. The first kappa shape index (κ1) is 24.5. The number of hydrogen-bond donors (Lipinski definition) is 3. The number of aliphatic hydroxyl groups is 1. The van der Waals surface area contributed by atoms with Crippen LogP contribution in [-0.4, -0.2) is 48.1 Å². The normalized spacial score (nSPS) is 17.8. The molecule has 0 unspecified atom stereocenters. The highest BCUT2D eigenvalue weighted by atomic mass is 16.5. The lowest BCUT2D eigenvalue weighted by Crippen LogP contribution is -2.37. The Hall–Kier alpha value is -3.16. The minimum absolute atomic E-state index is 0.0219. The van der Waals surface area contributed by atoms with Crippen molar-refractivity contribution in [1.82, 2.24) is 4.90 Å². The van der Waals surface area contributed by atoms with Crippen molar-refractivity contribution >= 4 is 23.2 Å². The molecule has 1 heterocycles. The summed E-state index contributed by atoms with van der Waals surface area (Å²) >= 11 is 0. The van der Waals surface area contributed by atoms with Crippen LogP contribution in [0.2, 0.25) is 0 Å². The van der Waals surface area contributed by atoms with Crippen LogP contribution < -0.4 is 11.1 Å². The van der Waals surface area contributed by atoms with E-state index in [-0.39, 0.29) is 36.5 Å². The summed E-state index contributed by atoms with van der Waals surface area (Å²) in [5.41, 5.74) is 8.48. The number of nitrogens with one attached hydrogen (secondary N) is 1. The van der Waals surface area contributed by atoms with Gasteiger partial charge in [-0.1, -0.05) is 31.2 Å². The fourth-order valence-electron chi connectivity index (χ4n) is 4.20. The van der Waals surface area contributed by atoms with E-state index < -0.39 is 0 Å². The highest BCUT2D eigenvalue weighted by Crippen LogP contribution is 2.28. The van der Waals surface area contributed by atoms with Crippen LogP contribution in [0.3, 0.4) is 0 Å². The molecule has 1 aliphatic heterocycles. The summed E-state index contributed by atoms with van der Waals surface area (Å²) in [5, 5.41) is 12.3. The number of anilines is 2. The lowest BCUT2D eigenvalue weighted by Gasteiger charge is -2.23. The monoisotopic (exact) mass is 451 g/mol. The maximum absolute atomic E-state index is 12.4. The number of nitrogens with two attached hydrogens (primary N) is 1. The number of nitrogens with zero attached hydrogens (tertiary/aromatic N) is 1. The van der Waals surface area contributed by atoms with Gasteiger partial charge in [0.1, 0.15) is 0 Å². The molecule has 1 fully saturated rings. The number of aliphatic hydroxyl groups excluding tert-OH is 1. The van der Waals surface area contributed by atoms with Crippen molar-refractivity contribution in [2.24, 2.45) is 5.92 Å². The van der Waals surface area contributed by atoms with Crippen molar-refractivity contribution in [3.63, 3.8) is 0 Å². The summed E-state index contributed by atoms with van der Waals surface area (Å²) in [6, 6.07) is 14.3. The van der Waals surface area contributed by atoms with Crippen LogP contribution >= 0.6 is 0 Å². The van der Waals surface area contributed by atoms with Crippen molar-refractivity contribution in [2.45, 2.75) is 38.3 Å². The average Bonchev–Trinajstić information content (AvgIpc) is 3.30. The van der Waals surface area contributed by atoms with Crippen molar-refractivity contribution in [3.05, 3.63) is 71.8 Å². The summed E-state index contributed by atoms with van der Waals surface area (Å²) in [4.78, 5) is 26.6. The largest absolute Gasteiger partial charge is 0.399 e. The summed E-state index contributed by atoms with van der Waals surface area (Å²) in [6.45, 7) is 2.78. The molecule has 0 radical (unpaired) electrons. The molecule has 2 aromatic rings. The van der Waals surface area contributed by atoms with Crippen molar-refractivity contribution in [3.8, 4) is 0 Å². The quantitative estimate of drug-likeness (QED) is 0.398. The Balaban J connectivity index is 1.56. The number of nitrogen functional groups attached to an aromatic ring is 1. The Labute approximate surface area is 195 Å². The van der Waals surface area contributed by atoms with Crippen LogP contribution in [0.25, 0.3) is 0 Å². The average molecular weight is 452 g/mol. The Morgan fingerprint density at radius 1 is 1.21 bits per heavy atom. The molecule has 33 heavy (non-hydrogen) atoms. The van der Waals surface area contributed by atoms with Crippen molar-refractivity contribution in [1.29, 1.82) is 0 Å². The zero-order valence-corrected chi connectivity index (χ0v) is 19.2. The van der Waals surface area contributed by atoms with E-state index in [2.05, 4.69) is 5.32 Å². The molecule has 0 spiro atoms. The molecule has 0 bridgehead atoms. The highest BCUT2D eigenvalue weighted by Gasteiger charge is 2.27. The molecule has 0 aromatic heterocycles. The van der Waals surface area contributed by atoms with Crippen molar-refractivity contribution in [2.75, 3.05) is 31.3 Å². The van der Waals surface area contributed by atoms with Gasteiger partial charge >= 0.3 is 0 Å². The summed E-state index contributed by atoms with van der Waals surface area (Å²) in [6.07, 6.45) is 5.81. The molecule has 0 saturated carbocycles. The number of carbonyl (C=O) groups is 2. The number of benzene rings is 2. The minimum atomic E-state index is -0.201. The molecule has 3 atom stereocenters. The van der Waals surface area contributed by atoms with E-state index in [0.717, 1.165) is 24.9 Å². The lowest BCUT2D eigenvalue weighted by molar-refractivity contribution is -0.131. The minimum Gasteiger partial charge on any atom is -0.399 e. The van der Waals surface area contributed by atoms with Crippen LogP contribution in [-0.2, 0) is 9.53 Å². The first-order chi connectivity index (χ1) is 15.9. The molecule has 1 saturated heterocycles. The topological polar surface area (TPSA) is 105 Å². The van der Waals surface area contributed by atoms with Gasteiger partial charge in [-0.25, -0.2) is 0 Å². The van der Waals surface area contributed by atoms with Gasteiger partial charge in [-0.15, -0.1) is 0 Å². The van der Waals surface area contributed by atoms with Crippen LogP contribution in [0, 0.1) is 5.92 Å². The van der Waals surface area contributed by atoms with Crippen molar-refractivity contribution < 1.29 is 19.4 Å². The molecule has 1 aliphatic rings. The number of likely N-dealkylation sites (tertiary alicyclic amines) is 1. The number of rotatable bonds is 9. The highest BCUT2D eigenvalue weighted by molar-refractivity contribution is 6.04. The second-order valence-corrected chi connectivity index (χ2v) is 8.41. The van der Waals surface area contributed by atoms with Crippen LogP contribution in [0.1, 0.15) is 48.2 Å². The van der Waals surface area contributed by atoms with E-state index in [9.17, 15) is 14.7 Å².